The number of hydrogen-bond donors (Lipinski definition) is 0. The van der Waals surface area contributed by atoms with Crippen molar-refractivity contribution < 1.29 is 13.2 Å². The van der Waals surface area contributed by atoms with Gasteiger partial charge in [-0.1, -0.05) is 19.1 Å². The molecule has 1 unspecified atom stereocenters. The van der Waals surface area contributed by atoms with Crippen molar-refractivity contribution >= 4 is 27.6 Å². The fourth-order valence-corrected chi connectivity index (χ4v) is 5.14. The third-order valence-corrected chi connectivity index (χ3v) is 6.59. The van der Waals surface area contributed by atoms with E-state index in [0.29, 0.717) is 18.5 Å². The maximum Gasteiger partial charge on any atom is 0.243 e. The molecule has 1 saturated heterocycles. The number of carbonyl (C=O) groups is 1. The highest BCUT2D eigenvalue weighted by molar-refractivity contribution is 7.99. The van der Waals surface area contributed by atoms with Crippen LogP contribution in [-0.4, -0.2) is 42.6 Å². The molecule has 6 heteroatoms. The van der Waals surface area contributed by atoms with E-state index in [2.05, 4.69) is 0 Å². The summed E-state index contributed by atoms with van der Waals surface area (Å²) in [5, 5.41) is 0. The molecule has 4 nitrogen and oxygen atoms in total. The minimum atomic E-state index is -3.51. The van der Waals surface area contributed by atoms with Gasteiger partial charge in [0.2, 0.25) is 10.0 Å². The van der Waals surface area contributed by atoms with Crippen molar-refractivity contribution in [1.82, 2.24) is 4.31 Å². The predicted octanol–water partition coefficient (Wildman–Crippen LogP) is 2.41. The lowest BCUT2D eigenvalue weighted by Crippen LogP contribution is -2.44. The number of ketones is 1. The third kappa shape index (κ3) is 3.07. The van der Waals surface area contributed by atoms with Crippen LogP contribution in [0.1, 0.15) is 30.6 Å². The van der Waals surface area contributed by atoms with E-state index in [1.165, 1.54) is 6.07 Å². The van der Waals surface area contributed by atoms with Crippen LogP contribution in [0.15, 0.2) is 29.2 Å². The van der Waals surface area contributed by atoms with Gasteiger partial charge in [-0.2, -0.15) is 16.1 Å². The zero-order chi connectivity index (χ0) is 14.8. The van der Waals surface area contributed by atoms with E-state index in [1.807, 2.05) is 6.92 Å². The molecule has 0 aromatic heterocycles. The molecule has 0 amide bonds. The molecule has 1 aliphatic heterocycles. The summed E-state index contributed by atoms with van der Waals surface area (Å²) >= 11 is 1.77. The van der Waals surface area contributed by atoms with E-state index in [4.69, 9.17) is 0 Å². The van der Waals surface area contributed by atoms with Crippen LogP contribution in [-0.2, 0) is 10.0 Å². The monoisotopic (exact) mass is 313 g/mol. The van der Waals surface area contributed by atoms with Gasteiger partial charge in [0.15, 0.2) is 5.78 Å². The SMILES string of the molecule is CCC(=O)c1cccc(S(=O)(=O)N2CCSCC2C)c1. The molecule has 1 fully saturated rings. The average Bonchev–Trinajstić information content (AvgIpc) is 2.47. The second kappa shape index (κ2) is 6.28. The second-order valence-corrected chi connectivity index (χ2v) is 7.88. The highest BCUT2D eigenvalue weighted by atomic mass is 32.2. The largest absolute Gasteiger partial charge is 0.294 e. The summed E-state index contributed by atoms with van der Waals surface area (Å²) in [4.78, 5) is 11.9. The third-order valence-electron chi connectivity index (χ3n) is 3.39. The number of thioether (sulfide) groups is 1. The Morgan fingerprint density at radius 2 is 2.20 bits per heavy atom. The zero-order valence-corrected chi connectivity index (χ0v) is 13.3. The Morgan fingerprint density at radius 1 is 1.45 bits per heavy atom. The summed E-state index contributed by atoms with van der Waals surface area (Å²) in [5.74, 6) is 1.59. The van der Waals surface area contributed by atoms with Crippen LogP contribution in [0.5, 0.6) is 0 Å². The van der Waals surface area contributed by atoms with Gasteiger partial charge in [0.1, 0.15) is 0 Å². The summed E-state index contributed by atoms with van der Waals surface area (Å²) in [5.41, 5.74) is 0.465. The van der Waals surface area contributed by atoms with E-state index in [1.54, 1.807) is 41.2 Å². The molecule has 0 spiro atoms. The zero-order valence-electron chi connectivity index (χ0n) is 11.7. The van der Waals surface area contributed by atoms with Gasteiger partial charge in [-0.25, -0.2) is 8.42 Å². The van der Waals surface area contributed by atoms with Gasteiger partial charge in [0, 0.05) is 36.1 Å². The highest BCUT2D eigenvalue weighted by Gasteiger charge is 2.31. The molecule has 1 aromatic rings. The molecule has 0 saturated carbocycles. The molecule has 2 rings (SSSR count). The molecule has 1 aromatic carbocycles. The number of Topliss-reactive ketones (excluding diaryl/α,β-unsaturated/α-hetero) is 1. The first kappa shape index (κ1) is 15.5. The molecular formula is C14H19NO3S2. The first-order valence-corrected chi connectivity index (χ1v) is 9.29. The molecule has 1 atom stereocenters. The Morgan fingerprint density at radius 3 is 2.85 bits per heavy atom. The van der Waals surface area contributed by atoms with Gasteiger partial charge in [0.25, 0.3) is 0 Å². The smallest absolute Gasteiger partial charge is 0.243 e. The van der Waals surface area contributed by atoms with Gasteiger partial charge < -0.3 is 0 Å². The van der Waals surface area contributed by atoms with Crippen molar-refractivity contribution in [2.24, 2.45) is 0 Å². The number of sulfonamides is 1. The first-order valence-electron chi connectivity index (χ1n) is 6.69. The van der Waals surface area contributed by atoms with Crippen LogP contribution < -0.4 is 0 Å². The van der Waals surface area contributed by atoms with Gasteiger partial charge >= 0.3 is 0 Å². The summed E-state index contributed by atoms with van der Waals surface area (Å²) in [7, 11) is -3.51. The van der Waals surface area contributed by atoms with Crippen molar-refractivity contribution in [1.29, 1.82) is 0 Å². The van der Waals surface area contributed by atoms with Crippen molar-refractivity contribution in [3.05, 3.63) is 29.8 Å². The Labute approximate surface area is 124 Å². The van der Waals surface area contributed by atoms with Crippen LogP contribution >= 0.6 is 11.8 Å². The minimum absolute atomic E-state index is 0.00992. The van der Waals surface area contributed by atoms with Crippen molar-refractivity contribution in [2.45, 2.75) is 31.2 Å². The van der Waals surface area contributed by atoms with Gasteiger partial charge in [-0.15, -0.1) is 0 Å². The predicted molar refractivity (Wildman–Crippen MR) is 81.7 cm³/mol. The summed E-state index contributed by atoms with van der Waals surface area (Å²) < 4.78 is 26.9. The molecular weight excluding hydrogens is 294 g/mol. The molecule has 0 aliphatic carbocycles. The Hall–Kier alpha value is -0.850. The van der Waals surface area contributed by atoms with Gasteiger partial charge in [-0.05, 0) is 19.1 Å². The molecule has 110 valence electrons. The van der Waals surface area contributed by atoms with Crippen molar-refractivity contribution in [3.8, 4) is 0 Å². The van der Waals surface area contributed by atoms with Crippen LogP contribution in [0.4, 0.5) is 0 Å². The Bertz CT molecular complexity index is 598. The van der Waals surface area contributed by atoms with E-state index < -0.39 is 10.0 Å². The normalized spacial score (nSPS) is 20.8. The topological polar surface area (TPSA) is 54.5 Å². The first-order chi connectivity index (χ1) is 9.46. The summed E-state index contributed by atoms with van der Waals surface area (Å²) in [6.07, 6.45) is 0.375. The quantitative estimate of drug-likeness (QED) is 0.801. The standard InChI is InChI=1S/C14H19NO3S2/c1-3-14(16)12-5-4-6-13(9-12)20(17,18)15-7-8-19-10-11(15)2/h4-6,9,11H,3,7-8,10H2,1-2H3. The fraction of sp³-hybridized carbons (Fsp3) is 0.500. The van der Waals surface area contributed by atoms with Crippen LogP contribution in [0.3, 0.4) is 0 Å². The van der Waals surface area contributed by atoms with E-state index in [9.17, 15) is 13.2 Å². The van der Waals surface area contributed by atoms with Crippen LogP contribution in [0.25, 0.3) is 0 Å². The Balaban J connectivity index is 2.36. The van der Waals surface area contributed by atoms with Gasteiger partial charge in [0.05, 0.1) is 4.90 Å². The fourth-order valence-electron chi connectivity index (χ4n) is 2.24. The van der Waals surface area contributed by atoms with Crippen molar-refractivity contribution in [2.75, 3.05) is 18.1 Å². The lowest BCUT2D eigenvalue weighted by Gasteiger charge is -2.32. The van der Waals surface area contributed by atoms with Crippen LogP contribution in [0, 0.1) is 0 Å². The molecule has 20 heavy (non-hydrogen) atoms. The van der Waals surface area contributed by atoms with Gasteiger partial charge in [-0.3, -0.25) is 4.79 Å². The highest BCUT2D eigenvalue weighted by Crippen LogP contribution is 2.25. The lowest BCUT2D eigenvalue weighted by atomic mass is 10.1. The average molecular weight is 313 g/mol. The summed E-state index contributed by atoms with van der Waals surface area (Å²) in [6.45, 7) is 4.22. The molecule has 1 heterocycles. The summed E-state index contributed by atoms with van der Waals surface area (Å²) in [6, 6.07) is 6.36. The molecule has 0 N–H and O–H groups in total. The second-order valence-electron chi connectivity index (χ2n) is 4.84. The Kier molecular flexibility index (Phi) is 4.88. The van der Waals surface area contributed by atoms with E-state index in [-0.39, 0.29) is 16.7 Å². The number of carbonyl (C=O) groups excluding carboxylic acids is 1. The van der Waals surface area contributed by atoms with E-state index >= 15 is 0 Å². The number of hydrogen-bond acceptors (Lipinski definition) is 4. The van der Waals surface area contributed by atoms with E-state index in [0.717, 1.165) is 11.5 Å². The van der Waals surface area contributed by atoms with Crippen LogP contribution in [0.2, 0.25) is 0 Å². The maximum absolute atomic E-state index is 12.7. The molecule has 0 radical (unpaired) electrons. The number of nitrogens with zero attached hydrogens (tertiary/aromatic N) is 1. The minimum Gasteiger partial charge on any atom is -0.294 e. The molecule has 1 aliphatic rings. The number of benzene rings is 1. The van der Waals surface area contributed by atoms with Crippen molar-refractivity contribution in [3.63, 3.8) is 0 Å². The lowest BCUT2D eigenvalue weighted by molar-refractivity contribution is 0.0988. The maximum atomic E-state index is 12.7. The molecule has 0 bridgehead atoms. The number of rotatable bonds is 4.